The van der Waals surface area contributed by atoms with Gasteiger partial charge in [-0.25, -0.2) is 9.97 Å². The summed E-state index contributed by atoms with van der Waals surface area (Å²) in [5, 5.41) is 14.6. The maximum Gasteiger partial charge on any atom is 0.138 e. The second kappa shape index (κ2) is 8.22. The van der Waals surface area contributed by atoms with Crippen LogP contribution in [-0.2, 0) is 17.6 Å². The van der Waals surface area contributed by atoms with E-state index in [1.807, 2.05) is 11.3 Å². The fourth-order valence-electron chi connectivity index (χ4n) is 5.17. The monoisotopic (exact) mass is 402 g/mol. The van der Waals surface area contributed by atoms with Gasteiger partial charge in [0.1, 0.15) is 17.0 Å². The molecule has 1 saturated heterocycles. The Morgan fingerprint density at radius 3 is 2.75 bits per heavy atom. The lowest BCUT2D eigenvalue weighted by molar-refractivity contribution is 0.00791. The normalized spacial score (nSPS) is 29.0. The van der Waals surface area contributed by atoms with Crippen LogP contribution in [0.25, 0.3) is 10.2 Å². The second-order valence-electron chi connectivity index (χ2n) is 8.50. The molecule has 28 heavy (non-hydrogen) atoms. The SMILES string of the molecule is OC[C@@H]1CCc2sc3ncnc(NC4CCC(N5CCOCC5)CC4)c3c2C1. The molecule has 1 saturated carbocycles. The maximum absolute atomic E-state index is 9.63. The van der Waals surface area contributed by atoms with Crippen LogP contribution in [0.2, 0.25) is 0 Å². The van der Waals surface area contributed by atoms with E-state index in [9.17, 15) is 5.11 Å². The van der Waals surface area contributed by atoms with Crippen LogP contribution in [0.5, 0.6) is 0 Å². The summed E-state index contributed by atoms with van der Waals surface area (Å²) in [7, 11) is 0. The van der Waals surface area contributed by atoms with Gasteiger partial charge in [0.15, 0.2) is 0 Å². The summed E-state index contributed by atoms with van der Waals surface area (Å²) in [4.78, 5) is 14.3. The highest BCUT2D eigenvalue weighted by Gasteiger charge is 2.29. The number of hydrogen-bond acceptors (Lipinski definition) is 7. The number of rotatable bonds is 4. The molecule has 152 valence electrons. The standard InChI is InChI=1S/C21H30N4O2S/c26-12-14-1-6-18-17(11-14)19-20(22-13-23-21(19)28-18)24-15-2-4-16(5-3-15)25-7-9-27-10-8-25/h13-16,26H,1-12H2,(H,22,23,24)/t14-,15?,16?/m1/s1. The molecule has 0 radical (unpaired) electrons. The summed E-state index contributed by atoms with van der Waals surface area (Å²) in [6.07, 6.45) is 9.69. The van der Waals surface area contributed by atoms with E-state index >= 15 is 0 Å². The Kier molecular flexibility index (Phi) is 5.50. The topological polar surface area (TPSA) is 70.5 Å². The first-order valence-electron chi connectivity index (χ1n) is 10.8. The van der Waals surface area contributed by atoms with Gasteiger partial charge in [-0.05, 0) is 56.4 Å². The van der Waals surface area contributed by atoms with Gasteiger partial charge in [-0.1, -0.05) is 0 Å². The molecule has 2 N–H and O–H groups in total. The third-order valence-corrected chi connectivity index (χ3v) is 8.00. The molecule has 2 aromatic rings. The maximum atomic E-state index is 9.63. The molecular weight excluding hydrogens is 372 g/mol. The molecule has 0 amide bonds. The van der Waals surface area contributed by atoms with Crippen LogP contribution >= 0.6 is 11.3 Å². The molecule has 6 nitrogen and oxygen atoms in total. The van der Waals surface area contributed by atoms with Crippen molar-refractivity contribution in [3.05, 3.63) is 16.8 Å². The van der Waals surface area contributed by atoms with E-state index in [-0.39, 0.29) is 6.61 Å². The van der Waals surface area contributed by atoms with Gasteiger partial charge >= 0.3 is 0 Å². The van der Waals surface area contributed by atoms with Gasteiger partial charge in [0.25, 0.3) is 0 Å². The number of nitrogens with one attached hydrogen (secondary N) is 1. The third-order valence-electron chi connectivity index (χ3n) is 6.80. The van der Waals surface area contributed by atoms with E-state index in [0.29, 0.717) is 18.0 Å². The second-order valence-corrected chi connectivity index (χ2v) is 9.58. The summed E-state index contributed by atoms with van der Waals surface area (Å²) < 4.78 is 5.50. The smallest absolute Gasteiger partial charge is 0.138 e. The summed E-state index contributed by atoms with van der Waals surface area (Å²) in [5.74, 6) is 1.39. The lowest BCUT2D eigenvalue weighted by Crippen LogP contribution is -2.46. The van der Waals surface area contributed by atoms with Crippen molar-refractivity contribution in [1.82, 2.24) is 14.9 Å². The number of aliphatic hydroxyl groups is 1. The van der Waals surface area contributed by atoms with Crippen LogP contribution in [0.1, 0.15) is 42.5 Å². The molecule has 3 heterocycles. The van der Waals surface area contributed by atoms with Crippen LogP contribution in [0.15, 0.2) is 6.33 Å². The number of aromatic nitrogens is 2. The Balaban J connectivity index is 1.30. The van der Waals surface area contributed by atoms with Crippen molar-refractivity contribution in [3.63, 3.8) is 0 Å². The highest BCUT2D eigenvalue weighted by atomic mass is 32.1. The number of anilines is 1. The van der Waals surface area contributed by atoms with Crippen LogP contribution < -0.4 is 5.32 Å². The number of fused-ring (bicyclic) bond motifs is 3. The van der Waals surface area contributed by atoms with Crippen molar-refractivity contribution in [2.75, 3.05) is 38.2 Å². The number of aliphatic hydroxyl groups excluding tert-OH is 1. The van der Waals surface area contributed by atoms with Crippen molar-refractivity contribution in [3.8, 4) is 0 Å². The zero-order chi connectivity index (χ0) is 18.9. The fraction of sp³-hybridized carbons (Fsp3) is 0.714. The molecule has 0 aromatic carbocycles. The first kappa shape index (κ1) is 18.7. The average Bonchev–Trinajstić information content (AvgIpc) is 3.13. The van der Waals surface area contributed by atoms with Crippen molar-refractivity contribution in [1.29, 1.82) is 0 Å². The molecule has 1 atom stereocenters. The molecule has 0 unspecified atom stereocenters. The van der Waals surface area contributed by atoms with E-state index in [2.05, 4.69) is 20.2 Å². The van der Waals surface area contributed by atoms with Crippen LogP contribution in [0.3, 0.4) is 0 Å². The molecule has 2 fully saturated rings. The first-order chi connectivity index (χ1) is 13.8. The summed E-state index contributed by atoms with van der Waals surface area (Å²) in [6, 6.07) is 1.20. The van der Waals surface area contributed by atoms with E-state index in [4.69, 9.17) is 4.74 Å². The Hall–Kier alpha value is -1.28. The van der Waals surface area contributed by atoms with Crippen LogP contribution in [0, 0.1) is 5.92 Å². The quantitative estimate of drug-likeness (QED) is 0.820. The van der Waals surface area contributed by atoms with E-state index in [1.54, 1.807) is 6.33 Å². The molecule has 2 aliphatic carbocycles. The van der Waals surface area contributed by atoms with Gasteiger partial charge in [-0.15, -0.1) is 11.3 Å². The van der Waals surface area contributed by atoms with Crippen molar-refractivity contribution in [2.45, 2.75) is 57.0 Å². The number of ether oxygens (including phenoxy) is 1. The first-order valence-corrected chi connectivity index (χ1v) is 11.6. The molecule has 5 rings (SSSR count). The average molecular weight is 403 g/mol. The minimum absolute atomic E-state index is 0.277. The van der Waals surface area contributed by atoms with Gasteiger partial charge in [0, 0.05) is 36.7 Å². The predicted octanol–water partition coefficient (Wildman–Crippen LogP) is 2.84. The van der Waals surface area contributed by atoms with Gasteiger partial charge in [-0.3, -0.25) is 4.90 Å². The summed E-state index contributed by atoms with van der Waals surface area (Å²) in [6.45, 7) is 4.22. The van der Waals surface area contributed by atoms with Crippen molar-refractivity contribution >= 4 is 27.4 Å². The number of hydrogen-bond donors (Lipinski definition) is 2. The number of thiophene rings is 1. The van der Waals surface area contributed by atoms with E-state index < -0.39 is 0 Å². The lowest BCUT2D eigenvalue weighted by Gasteiger charge is -2.39. The zero-order valence-electron chi connectivity index (χ0n) is 16.4. The Bertz CT molecular complexity index is 812. The van der Waals surface area contributed by atoms with Crippen molar-refractivity contribution < 1.29 is 9.84 Å². The fourth-order valence-corrected chi connectivity index (χ4v) is 6.35. The van der Waals surface area contributed by atoms with Gasteiger partial charge in [0.2, 0.25) is 0 Å². The number of morpholine rings is 1. The van der Waals surface area contributed by atoms with Gasteiger partial charge < -0.3 is 15.2 Å². The molecule has 7 heteroatoms. The summed E-state index contributed by atoms with van der Waals surface area (Å²) >= 11 is 1.82. The Morgan fingerprint density at radius 1 is 1.14 bits per heavy atom. The highest BCUT2D eigenvalue weighted by molar-refractivity contribution is 7.19. The largest absolute Gasteiger partial charge is 0.396 e. The number of nitrogens with zero attached hydrogens (tertiary/aromatic N) is 3. The molecule has 1 aliphatic heterocycles. The molecule has 2 aromatic heterocycles. The molecule has 0 bridgehead atoms. The third kappa shape index (κ3) is 3.65. The van der Waals surface area contributed by atoms with E-state index in [1.165, 1.54) is 41.5 Å². The highest BCUT2D eigenvalue weighted by Crippen LogP contribution is 2.40. The lowest BCUT2D eigenvalue weighted by atomic mass is 9.87. The van der Waals surface area contributed by atoms with E-state index in [0.717, 1.165) is 56.2 Å². The molecule has 3 aliphatic rings. The zero-order valence-corrected chi connectivity index (χ0v) is 17.2. The Morgan fingerprint density at radius 2 is 1.96 bits per heavy atom. The van der Waals surface area contributed by atoms with Crippen molar-refractivity contribution in [2.24, 2.45) is 5.92 Å². The summed E-state index contributed by atoms with van der Waals surface area (Å²) in [5.41, 5.74) is 1.38. The van der Waals surface area contributed by atoms with Crippen LogP contribution in [0.4, 0.5) is 5.82 Å². The minimum atomic E-state index is 0.277. The molecular formula is C21H30N4O2S. The number of aryl methyl sites for hydroxylation is 1. The van der Waals surface area contributed by atoms with Gasteiger partial charge in [-0.2, -0.15) is 0 Å². The van der Waals surface area contributed by atoms with Gasteiger partial charge in [0.05, 0.1) is 18.6 Å². The minimum Gasteiger partial charge on any atom is -0.396 e. The Labute approximate surface area is 170 Å². The van der Waals surface area contributed by atoms with Crippen LogP contribution in [-0.4, -0.2) is 65.0 Å². The predicted molar refractivity (Wildman–Crippen MR) is 112 cm³/mol. The molecule has 0 spiro atoms.